The van der Waals surface area contributed by atoms with Crippen LogP contribution >= 0.6 is 11.6 Å². The number of fused-ring (bicyclic) bond motifs is 1. The first-order valence-corrected chi connectivity index (χ1v) is 13.9. The van der Waals surface area contributed by atoms with Crippen LogP contribution in [-0.4, -0.2) is 62.8 Å². The molecule has 6 nitrogen and oxygen atoms in total. The summed E-state index contributed by atoms with van der Waals surface area (Å²) in [6, 6.07) is 18.8. The zero-order valence-corrected chi connectivity index (χ0v) is 21.4. The van der Waals surface area contributed by atoms with Gasteiger partial charge in [-0.1, -0.05) is 48.0 Å². The number of halogens is 1. The van der Waals surface area contributed by atoms with Crippen molar-refractivity contribution >= 4 is 44.0 Å². The number of anilines is 1. The molecule has 0 N–H and O–H groups in total. The number of amides is 1. The van der Waals surface area contributed by atoms with E-state index in [0.29, 0.717) is 31.1 Å². The van der Waals surface area contributed by atoms with Gasteiger partial charge in [-0.2, -0.15) is 4.31 Å². The van der Waals surface area contributed by atoms with E-state index >= 15 is 0 Å². The van der Waals surface area contributed by atoms with Gasteiger partial charge < -0.3 is 9.80 Å². The van der Waals surface area contributed by atoms with Crippen LogP contribution in [-0.2, 0) is 14.8 Å². The second kappa shape index (κ2) is 9.80. The summed E-state index contributed by atoms with van der Waals surface area (Å²) in [6.07, 6.45) is 1.40. The molecule has 3 aromatic carbocycles. The Morgan fingerprint density at radius 1 is 0.914 bits per heavy atom. The van der Waals surface area contributed by atoms with E-state index in [-0.39, 0.29) is 23.3 Å². The fourth-order valence-corrected chi connectivity index (χ4v) is 6.91. The molecule has 2 saturated heterocycles. The topological polar surface area (TPSA) is 60.9 Å². The summed E-state index contributed by atoms with van der Waals surface area (Å²) >= 11 is 6.20. The fourth-order valence-electron chi connectivity index (χ4n) is 5.19. The lowest BCUT2D eigenvalue weighted by molar-refractivity contribution is -0.137. The number of piperidine rings is 1. The molecule has 0 unspecified atom stereocenters. The maximum Gasteiger partial charge on any atom is 0.243 e. The Morgan fingerprint density at radius 2 is 1.66 bits per heavy atom. The first-order valence-electron chi connectivity index (χ1n) is 12.1. The van der Waals surface area contributed by atoms with Crippen LogP contribution in [0, 0.1) is 12.8 Å². The lowest BCUT2D eigenvalue weighted by Gasteiger charge is -2.40. The van der Waals surface area contributed by atoms with Gasteiger partial charge in [0.25, 0.3) is 0 Å². The van der Waals surface area contributed by atoms with Gasteiger partial charge in [0.15, 0.2) is 0 Å². The number of carbonyl (C=O) groups is 1. The van der Waals surface area contributed by atoms with Crippen molar-refractivity contribution < 1.29 is 13.2 Å². The van der Waals surface area contributed by atoms with Crippen molar-refractivity contribution in [3.8, 4) is 0 Å². The van der Waals surface area contributed by atoms with Gasteiger partial charge in [0.1, 0.15) is 0 Å². The summed E-state index contributed by atoms with van der Waals surface area (Å²) in [5, 5.41) is 2.61. The molecule has 0 spiro atoms. The average molecular weight is 512 g/mol. The molecule has 1 amide bonds. The van der Waals surface area contributed by atoms with Crippen molar-refractivity contribution in [1.82, 2.24) is 9.21 Å². The molecule has 5 rings (SSSR count). The minimum Gasteiger partial charge on any atom is -0.368 e. The van der Waals surface area contributed by atoms with Crippen molar-refractivity contribution in [1.29, 1.82) is 0 Å². The summed E-state index contributed by atoms with van der Waals surface area (Å²) in [7, 11) is -3.66. The average Bonchev–Trinajstić information content (AvgIpc) is 2.89. The molecular weight excluding hydrogens is 482 g/mol. The number of rotatable bonds is 4. The minimum absolute atomic E-state index is 0.0610. The third-order valence-electron chi connectivity index (χ3n) is 7.20. The first kappa shape index (κ1) is 24.1. The van der Waals surface area contributed by atoms with Gasteiger partial charge in [-0.25, -0.2) is 8.42 Å². The molecule has 8 heteroatoms. The molecule has 2 aliphatic heterocycles. The molecular formula is C27H30ClN3O3S. The number of hydrogen-bond acceptors (Lipinski definition) is 4. The number of nitrogens with zero attached hydrogens (tertiary/aromatic N) is 3. The molecule has 35 heavy (non-hydrogen) atoms. The second-order valence-corrected chi connectivity index (χ2v) is 11.8. The number of piperazine rings is 1. The quantitative estimate of drug-likeness (QED) is 0.515. The molecule has 0 aromatic heterocycles. The highest BCUT2D eigenvalue weighted by Crippen LogP contribution is 2.29. The van der Waals surface area contributed by atoms with Crippen LogP contribution in [0.5, 0.6) is 0 Å². The summed E-state index contributed by atoms with van der Waals surface area (Å²) < 4.78 is 28.3. The van der Waals surface area contributed by atoms with Gasteiger partial charge in [-0.05, 0) is 60.4 Å². The third kappa shape index (κ3) is 4.90. The van der Waals surface area contributed by atoms with Crippen LogP contribution < -0.4 is 4.90 Å². The van der Waals surface area contributed by atoms with E-state index in [0.717, 1.165) is 41.5 Å². The van der Waals surface area contributed by atoms with E-state index in [9.17, 15) is 13.2 Å². The van der Waals surface area contributed by atoms with Crippen LogP contribution in [0.1, 0.15) is 18.4 Å². The van der Waals surface area contributed by atoms with Crippen molar-refractivity contribution in [2.45, 2.75) is 24.7 Å². The van der Waals surface area contributed by atoms with E-state index in [2.05, 4.69) is 11.8 Å². The summed E-state index contributed by atoms with van der Waals surface area (Å²) in [6.45, 7) is 5.47. The van der Waals surface area contributed by atoms with Crippen LogP contribution in [0.3, 0.4) is 0 Å². The molecule has 2 fully saturated rings. The predicted molar refractivity (Wildman–Crippen MR) is 140 cm³/mol. The molecule has 0 saturated carbocycles. The van der Waals surface area contributed by atoms with Gasteiger partial charge in [0.2, 0.25) is 15.9 Å². The third-order valence-corrected chi connectivity index (χ3v) is 9.29. The van der Waals surface area contributed by atoms with E-state index in [1.165, 1.54) is 4.31 Å². The smallest absolute Gasteiger partial charge is 0.243 e. The Hall–Kier alpha value is -2.61. The molecule has 184 valence electrons. The first-order chi connectivity index (χ1) is 16.8. The van der Waals surface area contributed by atoms with E-state index in [1.54, 1.807) is 12.1 Å². The highest BCUT2D eigenvalue weighted by molar-refractivity contribution is 7.89. The van der Waals surface area contributed by atoms with Crippen molar-refractivity contribution in [2.24, 2.45) is 5.92 Å². The Balaban J connectivity index is 1.25. The molecule has 2 aliphatic rings. The van der Waals surface area contributed by atoms with Gasteiger partial charge in [0.05, 0.1) is 10.8 Å². The Kier molecular flexibility index (Phi) is 6.75. The molecule has 3 aromatic rings. The summed E-state index contributed by atoms with van der Waals surface area (Å²) in [5.41, 5.74) is 2.27. The van der Waals surface area contributed by atoms with Crippen molar-refractivity contribution in [3.05, 3.63) is 71.2 Å². The zero-order valence-electron chi connectivity index (χ0n) is 19.9. The SMILES string of the molecule is Cc1ccc(Cl)cc1N1CCN(C(=O)[C@@H]2CCCN(S(=O)(=O)c3ccc4ccccc4c3)C2)CC1. The Bertz CT molecular complexity index is 1350. The van der Waals surface area contributed by atoms with Crippen LogP contribution in [0.4, 0.5) is 5.69 Å². The van der Waals surface area contributed by atoms with Crippen LogP contribution in [0.15, 0.2) is 65.6 Å². The van der Waals surface area contributed by atoms with E-state index in [4.69, 9.17) is 11.6 Å². The largest absolute Gasteiger partial charge is 0.368 e. The molecule has 1 atom stereocenters. The molecule has 0 bridgehead atoms. The summed E-state index contributed by atoms with van der Waals surface area (Å²) in [4.78, 5) is 17.8. The zero-order chi connectivity index (χ0) is 24.6. The van der Waals surface area contributed by atoms with Crippen LogP contribution in [0.2, 0.25) is 5.02 Å². The lowest BCUT2D eigenvalue weighted by atomic mass is 9.97. The van der Waals surface area contributed by atoms with Gasteiger partial charge in [-0.15, -0.1) is 0 Å². The maximum atomic E-state index is 13.4. The fraction of sp³-hybridized carbons (Fsp3) is 0.370. The van der Waals surface area contributed by atoms with Gasteiger partial charge in [-0.3, -0.25) is 4.79 Å². The Morgan fingerprint density at radius 3 is 2.43 bits per heavy atom. The van der Waals surface area contributed by atoms with Gasteiger partial charge in [0, 0.05) is 50.0 Å². The standard InChI is InChI=1S/C27H30ClN3O3S/c1-20-8-10-24(28)18-26(20)29-13-15-30(16-14-29)27(32)23-7-4-12-31(19-23)35(33,34)25-11-9-21-5-2-3-6-22(21)17-25/h2-3,5-6,8-11,17-18,23H,4,7,12-16,19H2,1H3/t23-/m1/s1. The lowest BCUT2D eigenvalue weighted by Crippen LogP contribution is -2.53. The van der Waals surface area contributed by atoms with E-state index < -0.39 is 10.0 Å². The number of benzene rings is 3. The Labute approximate surface area is 212 Å². The van der Waals surface area contributed by atoms with Crippen molar-refractivity contribution in [2.75, 3.05) is 44.2 Å². The molecule has 0 aliphatic carbocycles. The van der Waals surface area contributed by atoms with E-state index in [1.807, 2.05) is 53.4 Å². The highest BCUT2D eigenvalue weighted by atomic mass is 35.5. The normalized spacial score (nSPS) is 19.8. The minimum atomic E-state index is -3.66. The molecule has 2 heterocycles. The van der Waals surface area contributed by atoms with Crippen LogP contribution in [0.25, 0.3) is 10.8 Å². The highest BCUT2D eigenvalue weighted by Gasteiger charge is 2.36. The number of carbonyl (C=O) groups excluding carboxylic acids is 1. The number of sulfonamides is 1. The second-order valence-electron chi connectivity index (χ2n) is 9.45. The molecule has 0 radical (unpaired) electrons. The van der Waals surface area contributed by atoms with Gasteiger partial charge >= 0.3 is 0 Å². The summed E-state index contributed by atoms with van der Waals surface area (Å²) in [5.74, 6) is -0.246. The monoisotopic (exact) mass is 511 g/mol. The number of aryl methyl sites for hydroxylation is 1. The van der Waals surface area contributed by atoms with Crippen molar-refractivity contribution in [3.63, 3.8) is 0 Å². The number of hydrogen-bond donors (Lipinski definition) is 0. The maximum absolute atomic E-state index is 13.4. The predicted octanol–water partition coefficient (Wildman–Crippen LogP) is 4.55.